The third-order valence-electron chi connectivity index (χ3n) is 2.55. The van der Waals surface area contributed by atoms with Crippen LogP contribution in [0.1, 0.15) is 0 Å². The van der Waals surface area contributed by atoms with E-state index < -0.39 is 0 Å². The molecule has 17 heavy (non-hydrogen) atoms. The number of phenols is 1. The Labute approximate surface area is 96.0 Å². The summed E-state index contributed by atoms with van der Waals surface area (Å²) in [5.74, 6) is 0.635. The van der Waals surface area contributed by atoms with E-state index in [4.69, 9.17) is 0 Å². The van der Waals surface area contributed by atoms with Crippen molar-refractivity contribution in [3.8, 4) is 11.6 Å². The van der Waals surface area contributed by atoms with Crippen molar-refractivity contribution in [1.29, 1.82) is 0 Å². The second kappa shape index (κ2) is 3.48. The van der Waals surface area contributed by atoms with Crippen molar-refractivity contribution < 1.29 is 5.11 Å². The summed E-state index contributed by atoms with van der Waals surface area (Å²) in [4.78, 5) is 18.7. The Morgan fingerprint density at radius 1 is 1.24 bits per heavy atom. The van der Waals surface area contributed by atoms with Crippen LogP contribution >= 0.6 is 0 Å². The van der Waals surface area contributed by atoms with Gasteiger partial charge >= 0.3 is 5.69 Å². The first-order valence-electron chi connectivity index (χ1n) is 5.11. The molecule has 1 aromatic carbocycles. The van der Waals surface area contributed by atoms with Gasteiger partial charge in [-0.15, -0.1) is 0 Å². The Bertz CT molecular complexity index is 728. The largest absolute Gasteiger partial charge is 0.508 e. The Kier molecular flexibility index (Phi) is 1.98. The third-order valence-corrected chi connectivity index (χ3v) is 2.55. The van der Waals surface area contributed by atoms with Gasteiger partial charge in [-0.05, 0) is 24.3 Å². The summed E-state index contributed by atoms with van der Waals surface area (Å²) >= 11 is 0. The predicted molar refractivity (Wildman–Crippen MR) is 63.4 cm³/mol. The molecule has 0 bridgehead atoms. The molecular formula is C12H9N3O2. The van der Waals surface area contributed by atoms with E-state index >= 15 is 0 Å². The quantitative estimate of drug-likeness (QED) is 0.660. The van der Waals surface area contributed by atoms with Crippen LogP contribution in [-0.4, -0.2) is 19.6 Å². The number of rotatable bonds is 1. The number of hydrogen-bond acceptors (Lipinski definition) is 3. The summed E-state index contributed by atoms with van der Waals surface area (Å²) < 4.78 is 1.43. The van der Waals surface area contributed by atoms with Crippen molar-refractivity contribution in [3.63, 3.8) is 0 Å². The van der Waals surface area contributed by atoms with Gasteiger partial charge in [0, 0.05) is 12.3 Å². The van der Waals surface area contributed by atoms with Gasteiger partial charge in [-0.1, -0.05) is 6.07 Å². The summed E-state index contributed by atoms with van der Waals surface area (Å²) in [5, 5.41) is 9.46. The molecule has 0 saturated carbocycles. The van der Waals surface area contributed by atoms with Crippen molar-refractivity contribution in [1.82, 2.24) is 14.5 Å². The van der Waals surface area contributed by atoms with E-state index in [-0.39, 0.29) is 11.4 Å². The van der Waals surface area contributed by atoms with Crippen LogP contribution < -0.4 is 5.69 Å². The Morgan fingerprint density at radius 2 is 2.12 bits per heavy atom. The second-order valence-electron chi connectivity index (χ2n) is 3.65. The fourth-order valence-electron chi connectivity index (χ4n) is 1.80. The molecule has 0 fully saturated rings. The number of aromatic nitrogens is 3. The molecule has 0 unspecified atom stereocenters. The number of imidazole rings is 1. The predicted octanol–water partition coefficient (Wildman–Crippen LogP) is 1.42. The third kappa shape index (κ3) is 1.48. The monoisotopic (exact) mass is 227 g/mol. The van der Waals surface area contributed by atoms with Crippen LogP contribution in [0.5, 0.6) is 5.75 Å². The summed E-state index contributed by atoms with van der Waals surface area (Å²) in [6, 6.07) is 10.0. The number of aromatic amines is 1. The zero-order valence-electron chi connectivity index (χ0n) is 8.79. The second-order valence-corrected chi connectivity index (χ2v) is 3.65. The molecule has 84 valence electrons. The standard InChI is InChI=1S/C12H9N3O2/c16-8-4-5-9-10(7-8)15(12(17)14-9)11-3-1-2-6-13-11/h1-7,16H,(H,14,17). The van der Waals surface area contributed by atoms with Crippen LogP contribution in [0.4, 0.5) is 0 Å². The van der Waals surface area contributed by atoms with Crippen LogP contribution in [0.25, 0.3) is 16.9 Å². The maximum Gasteiger partial charge on any atom is 0.332 e. The first-order chi connectivity index (χ1) is 8.25. The number of fused-ring (bicyclic) bond motifs is 1. The number of hydrogen-bond donors (Lipinski definition) is 2. The summed E-state index contributed by atoms with van der Waals surface area (Å²) in [6.07, 6.45) is 1.61. The fourth-order valence-corrected chi connectivity index (χ4v) is 1.80. The molecule has 0 spiro atoms. The molecule has 2 N–H and O–H groups in total. The zero-order chi connectivity index (χ0) is 11.8. The molecule has 0 saturated heterocycles. The maximum atomic E-state index is 11.8. The lowest BCUT2D eigenvalue weighted by Crippen LogP contribution is -2.15. The average Bonchev–Trinajstić information content (AvgIpc) is 2.65. The van der Waals surface area contributed by atoms with Crippen LogP contribution in [0.2, 0.25) is 0 Å². The van der Waals surface area contributed by atoms with E-state index in [1.165, 1.54) is 16.7 Å². The molecule has 2 heterocycles. The molecule has 0 radical (unpaired) electrons. The SMILES string of the molecule is O=c1[nH]c2ccc(O)cc2n1-c1ccccn1. The summed E-state index contributed by atoms with van der Waals surface area (Å²) in [5.41, 5.74) is 0.997. The molecule has 5 heteroatoms. The van der Waals surface area contributed by atoms with Crippen LogP contribution in [0, 0.1) is 0 Å². The van der Waals surface area contributed by atoms with Gasteiger partial charge in [-0.3, -0.25) is 0 Å². The highest BCUT2D eigenvalue weighted by atomic mass is 16.3. The van der Waals surface area contributed by atoms with Gasteiger partial charge < -0.3 is 10.1 Å². The van der Waals surface area contributed by atoms with E-state index in [0.717, 1.165) is 0 Å². The number of nitrogens with zero attached hydrogens (tertiary/aromatic N) is 2. The van der Waals surface area contributed by atoms with Gasteiger partial charge in [-0.25, -0.2) is 14.3 Å². The number of phenolic OH excluding ortho intramolecular Hbond substituents is 1. The topological polar surface area (TPSA) is 70.9 Å². The average molecular weight is 227 g/mol. The number of H-pyrrole nitrogens is 1. The van der Waals surface area contributed by atoms with E-state index in [1.54, 1.807) is 30.5 Å². The lowest BCUT2D eigenvalue weighted by molar-refractivity contribution is 0.476. The zero-order valence-corrected chi connectivity index (χ0v) is 8.79. The lowest BCUT2D eigenvalue weighted by atomic mass is 10.3. The van der Waals surface area contributed by atoms with Crippen molar-refractivity contribution in [2.45, 2.75) is 0 Å². The van der Waals surface area contributed by atoms with Crippen molar-refractivity contribution in [3.05, 3.63) is 53.1 Å². The van der Waals surface area contributed by atoms with Gasteiger partial charge in [0.05, 0.1) is 11.0 Å². The minimum Gasteiger partial charge on any atom is -0.508 e. The number of benzene rings is 1. The molecule has 3 aromatic rings. The van der Waals surface area contributed by atoms with Crippen molar-refractivity contribution >= 4 is 11.0 Å². The number of pyridine rings is 1. The lowest BCUT2D eigenvalue weighted by Gasteiger charge is -2.01. The molecule has 0 aliphatic carbocycles. The molecule has 2 aromatic heterocycles. The summed E-state index contributed by atoms with van der Waals surface area (Å²) in [6.45, 7) is 0. The highest BCUT2D eigenvalue weighted by molar-refractivity contribution is 5.78. The molecule has 5 nitrogen and oxygen atoms in total. The fraction of sp³-hybridized carbons (Fsp3) is 0. The first-order valence-corrected chi connectivity index (χ1v) is 5.11. The van der Waals surface area contributed by atoms with Gasteiger partial charge in [-0.2, -0.15) is 0 Å². The molecule has 0 aliphatic rings. The Hall–Kier alpha value is -2.56. The van der Waals surface area contributed by atoms with Gasteiger partial charge in [0.15, 0.2) is 0 Å². The smallest absolute Gasteiger partial charge is 0.332 e. The first kappa shape index (κ1) is 9.65. The molecule has 3 rings (SSSR count). The molecule has 0 amide bonds. The van der Waals surface area contributed by atoms with E-state index in [9.17, 15) is 9.90 Å². The number of nitrogens with one attached hydrogen (secondary N) is 1. The van der Waals surface area contributed by atoms with Gasteiger partial charge in [0.25, 0.3) is 0 Å². The molecule has 0 aliphatic heterocycles. The summed E-state index contributed by atoms with van der Waals surface area (Å²) in [7, 11) is 0. The number of aromatic hydroxyl groups is 1. The molecule has 0 atom stereocenters. The van der Waals surface area contributed by atoms with Crippen molar-refractivity contribution in [2.24, 2.45) is 0 Å². The van der Waals surface area contributed by atoms with Crippen LogP contribution in [0.3, 0.4) is 0 Å². The minimum atomic E-state index is -0.274. The normalized spacial score (nSPS) is 10.8. The Balaban J connectivity index is 2.40. The van der Waals surface area contributed by atoms with Gasteiger partial charge in [0.1, 0.15) is 11.6 Å². The van der Waals surface area contributed by atoms with E-state index in [0.29, 0.717) is 16.9 Å². The highest BCUT2D eigenvalue weighted by Crippen LogP contribution is 2.19. The van der Waals surface area contributed by atoms with Crippen LogP contribution in [0.15, 0.2) is 47.4 Å². The molecular weight excluding hydrogens is 218 g/mol. The minimum absolute atomic E-state index is 0.112. The van der Waals surface area contributed by atoms with Gasteiger partial charge in [0.2, 0.25) is 0 Å². The van der Waals surface area contributed by atoms with E-state index in [1.807, 2.05) is 0 Å². The van der Waals surface area contributed by atoms with Crippen molar-refractivity contribution in [2.75, 3.05) is 0 Å². The highest BCUT2D eigenvalue weighted by Gasteiger charge is 2.09. The Morgan fingerprint density at radius 3 is 2.88 bits per heavy atom. The van der Waals surface area contributed by atoms with Crippen LogP contribution in [-0.2, 0) is 0 Å². The van der Waals surface area contributed by atoms with E-state index in [2.05, 4.69) is 9.97 Å². The maximum absolute atomic E-state index is 11.8.